The van der Waals surface area contributed by atoms with Crippen molar-refractivity contribution in [3.05, 3.63) is 0 Å². The number of rotatable bonds is 7. The lowest BCUT2D eigenvalue weighted by Crippen LogP contribution is -2.47. The molecule has 6 nitrogen and oxygen atoms in total. The van der Waals surface area contributed by atoms with Crippen molar-refractivity contribution < 1.29 is 14.3 Å². The molecule has 0 spiro atoms. The third kappa shape index (κ3) is 5.42. The van der Waals surface area contributed by atoms with Crippen LogP contribution in [0.15, 0.2) is 0 Å². The van der Waals surface area contributed by atoms with Crippen molar-refractivity contribution in [2.24, 2.45) is 11.3 Å². The molecule has 1 atom stereocenters. The molecule has 144 valence electrons. The Morgan fingerprint density at radius 2 is 1.92 bits per heavy atom. The highest BCUT2D eigenvalue weighted by molar-refractivity contribution is 5.83. The minimum atomic E-state index is -0.357. The summed E-state index contributed by atoms with van der Waals surface area (Å²) in [4.78, 5) is 29.1. The predicted molar refractivity (Wildman–Crippen MR) is 98.2 cm³/mol. The van der Waals surface area contributed by atoms with Gasteiger partial charge in [-0.15, -0.1) is 0 Å². The summed E-state index contributed by atoms with van der Waals surface area (Å²) in [5.41, 5.74) is -0.357. The van der Waals surface area contributed by atoms with Crippen LogP contribution >= 0.6 is 0 Å². The Balaban J connectivity index is 1.82. The predicted octanol–water partition coefficient (Wildman–Crippen LogP) is 1.50. The third-order valence-electron chi connectivity index (χ3n) is 5.65. The van der Waals surface area contributed by atoms with E-state index >= 15 is 0 Å². The summed E-state index contributed by atoms with van der Waals surface area (Å²) < 4.78 is 5.43. The molecule has 2 aliphatic rings. The molecule has 0 bridgehead atoms. The second kappa shape index (κ2) is 8.99. The normalized spacial score (nSPS) is 22.4. The second-order valence-corrected chi connectivity index (χ2v) is 8.15. The fourth-order valence-electron chi connectivity index (χ4n) is 4.04. The van der Waals surface area contributed by atoms with Gasteiger partial charge in [-0.1, -0.05) is 20.8 Å². The zero-order chi connectivity index (χ0) is 18.4. The average Bonchev–Trinajstić information content (AvgIpc) is 3.03. The molecule has 0 radical (unpaired) electrons. The summed E-state index contributed by atoms with van der Waals surface area (Å²) >= 11 is 0. The molecule has 2 heterocycles. The first kappa shape index (κ1) is 20.2. The van der Waals surface area contributed by atoms with E-state index in [-0.39, 0.29) is 23.3 Å². The molecule has 2 saturated heterocycles. The van der Waals surface area contributed by atoms with Crippen molar-refractivity contribution in [3.8, 4) is 0 Å². The van der Waals surface area contributed by atoms with Crippen LogP contribution in [0.25, 0.3) is 0 Å². The number of nitrogens with zero attached hydrogens (tertiary/aromatic N) is 2. The minimum absolute atomic E-state index is 0.0546. The average molecular weight is 354 g/mol. The lowest BCUT2D eigenvalue weighted by molar-refractivity contribution is -0.144. The van der Waals surface area contributed by atoms with Gasteiger partial charge in [-0.05, 0) is 45.2 Å². The molecule has 2 fully saturated rings. The minimum Gasteiger partial charge on any atom is -0.381 e. The summed E-state index contributed by atoms with van der Waals surface area (Å²) in [5, 5.41) is 3.09. The van der Waals surface area contributed by atoms with Gasteiger partial charge in [0, 0.05) is 37.8 Å². The van der Waals surface area contributed by atoms with Crippen LogP contribution in [0.2, 0.25) is 0 Å². The van der Waals surface area contributed by atoms with Gasteiger partial charge in [0.1, 0.15) is 0 Å². The van der Waals surface area contributed by atoms with E-state index < -0.39 is 0 Å². The van der Waals surface area contributed by atoms with Gasteiger partial charge in [0.05, 0.1) is 6.54 Å². The molecule has 25 heavy (non-hydrogen) atoms. The zero-order valence-corrected chi connectivity index (χ0v) is 16.3. The standard InChI is InChI=1S/C19H35N3O3/c1-5-9-21(4)14-17(23)20-16-6-10-22(13-16)18(24)19(2,3)15-7-11-25-12-8-15/h15-16H,5-14H2,1-4H3,(H,20,23)/t16-/m1/s1. The number of ether oxygens (including phenoxy) is 1. The molecule has 0 aromatic carbocycles. The van der Waals surface area contributed by atoms with E-state index in [1.807, 2.05) is 16.8 Å². The van der Waals surface area contributed by atoms with Crippen LogP contribution in [0.4, 0.5) is 0 Å². The molecule has 0 unspecified atom stereocenters. The molecule has 2 amide bonds. The topological polar surface area (TPSA) is 61.9 Å². The SMILES string of the molecule is CCCN(C)CC(=O)N[C@@H]1CCN(C(=O)C(C)(C)C2CCOCC2)C1. The lowest BCUT2D eigenvalue weighted by Gasteiger charge is -2.38. The van der Waals surface area contributed by atoms with Gasteiger partial charge < -0.3 is 15.0 Å². The first-order valence-electron chi connectivity index (χ1n) is 9.69. The fourth-order valence-corrected chi connectivity index (χ4v) is 4.04. The van der Waals surface area contributed by atoms with Crippen LogP contribution < -0.4 is 5.32 Å². The van der Waals surface area contributed by atoms with Crippen LogP contribution in [0.3, 0.4) is 0 Å². The summed E-state index contributed by atoms with van der Waals surface area (Å²) in [5.74, 6) is 0.656. The van der Waals surface area contributed by atoms with Crippen molar-refractivity contribution >= 4 is 11.8 Å². The van der Waals surface area contributed by atoms with Gasteiger partial charge >= 0.3 is 0 Å². The number of likely N-dealkylation sites (N-methyl/N-ethyl adjacent to an activating group) is 1. The van der Waals surface area contributed by atoms with E-state index in [0.29, 0.717) is 19.0 Å². The molecule has 1 N–H and O–H groups in total. The monoisotopic (exact) mass is 353 g/mol. The van der Waals surface area contributed by atoms with Crippen LogP contribution in [0.5, 0.6) is 0 Å². The largest absolute Gasteiger partial charge is 0.381 e. The van der Waals surface area contributed by atoms with Crippen molar-refractivity contribution in [2.75, 3.05) is 46.4 Å². The Labute approximate surface area is 152 Å². The summed E-state index contributed by atoms with van der Waals surface area (Å²) in [7, 11) is 1.96. The number of hydrogen-bond donors (Lipinski definition) is 1. The van der Waals surface area contributed by atoms with Crippen molar-refractivity contribution in [1.29, 1.82) is 0 Å². The van der Waals surface area contributed by atoms with Crippen molar-refractivity contribution in [1.82, 2.24) is 15.1 Å². The Morgan fingerprint density at radius 1 is 1.24 bits per heavy atom. The number of nitrogens with one attached hydrogen (secondary N) is 1. The van der Waals surface area contributed by atoms with E-state index in [0.717, 1.165) is 52.0 Å². The Kier molecular flexibility index (Phi) is 7.25. The highest BCUT2D eigenvalue weighted by Crippen LogP contribution is 2.36. The number of hydrogen-bond acceptors (Lipinski definition) is 4. The van der Waals surface area contributed by atoms with Crippen LogP contribution in [0.1, 0.15) is 46.5 Å². The van der Waals surface area contributed by atoms with E-state index in [1.54, 1.807) is 0 Å². The van der Waals surface area contributed by atoms with Crippen LogP contribution in [-0.4, -0.2) is 74.1 Å². The molecule has 2 rings (SSSR count). The molecule has 0 aromatic rings. The lowest BCUT2D eigenvalue weighted by atomic mass is 9.73. The van der Waals surface area contributed by atoms with Crippen molar-refractivity contribution in [2.45, 2.75) is 52.5 Å². The Hall–Kier alpha value is -1.14. The van der Waals surface area contributed by atoms with E-state index in [2.05, 4.69) is 26.1 Å². The first-order chi connectivity index (χ1) is 11.8. The van der Waals surface area contributed by atoms with E-state index in [4.69, 9.17) is 4.74 Å². The molecule has 0 saturated carbocycles. The summed E-state index contributed by atoms with van der Waals surface area (Å²) in [6.07, 6.45) is 3.79. The maximum Gasteiger partial charge on any atom is 0.234 e. The maximum atomic E-state index is 13.0. The number of likely N-dealkylation sites (tertiary alicyclic amines) is 1. The quantitative estimate of drug-likeness (QED) is 0.753. The summed E-state index contributed by atoms with van der Waals surface area (Å²) in [6.45, 7) is 10.5. The molecule has 0 aliphatic carbocycles. The Morgan fingerprint density at radius 3 is 2.56 bits per heavy atom. The van der Waals surface area contributed by atoms with Gasteiger partial charge in [-0.2, -0.15) is 0 Å². The third-order valence-corrected chi connectivity index (χ3v) is 5.65. The smallest absolute Gasteiger partial charge is 0.234 e. The molecule has 6 heteroatoms. The first-order valence-corrected chi connectivity index (χ1v) is 9.69. The molecular formula is C19H35N3O3. The van der Waals surface area contributed by atoms with Gasteiger partial charge in [0.15, 0.2) is 0 Å². The highest BCUT2D eigenvalue weighted by atomic mass is 16.5. The number of carbonyl (C=O) groups is 2. The Bertz CT molecular complexity index is 461. The number of carbonyl (C=O) groups excluding carboxylic acids is 2. The maximum absolute atomic E-state index is 13.0. The van der Waals surface area contributed by atoms with Crippen LogP contribution in [0, 0.1) is 11.3 Å². The number of amides is 2. The van der Waals surface area contributed by atoms with Gasteiger partial charge in [-0.25, -0.2) is 0 Å². The van der Waals surface area contributed by atoms with Gasteiger partial charge in [-0.3, -0.25) is 14.5 Å². The molecular weight excluding hydrogens is 318 g/mol. The highest BCUT2D eigenvalue weighted by Gasteiger charge is 2.42. The van der Waals surface area contributed by atoms with Gasteiger partial charge in [0.25, 0.3) is 0 Å². The van der Waals surface area contributed by atoms with Crippen LogP contribution in [-0.2, 0) is 14.3 Å². The van der Waals surface area contributed by atoms with E-state index in [9.17, 15) is 9.59 Å². The summed E-state index contributed by atoms with van der Waals surface area (Å²) in [6, 6.07) is 0.0805. The molecule has 0 aromatic heterocycles. The second-order valence-electron chi connectivity index (χ2n) is 8.15. The zero-order valence-electron chi connectivity index (χ0n) is 16.3. The molecule has 2 aliphatic heterocycles. The fraction of sp³-hybridized carbons (Fsp3) is 0.895. The van der Waals surface area contributed by atoms with Gasteiger partial charge in [0.2, 0.25) is 11.8 Å². The van der Waals surface area contributed by atoms with Crippen molar-refractivity contribution in [3.63, 3.8) is 0 Å². The van der Waals surface area contributed by atoms with E-state index in [1.165, 1.54) is 0 Å².